The Balaban J connectivity index is 2.54. The first kappa shape index (κ1) is 17.4. The summed E-state index contributed by atoms with van der Waals surface area (Å²) >= 11 is 0. The normalized spacial score (nSPS) is 11.4. The van der Waals surface area contributed by atoms with Gasteiger partial charge in [0.15, 0.2) is 0 Å². The highest BCUT2D eigenvalue weighted by atomic mass is 32.2. The lowest BCUT2D eigenvalue weighted by Crippen LogP contribution is -2.35. The number of nitrogens with zero attached hydrogens (tertiary/aromatic N) is 2. The number of amides is 1. The molecule has 116 valence electrons. The lowest BCUT2D eigenvalue weighted by molar-refractivity contribution is -0.130. The molecule has 0 heterocycles. The molecule has 1 amide bonds. The van der Waals surface area contributed by atoms with Crippen LogP contribution in [0.25, 0.3) is 0 Å². The molecular formula is C15H22N2O3S. The van der Waals surface area contributed by atoms with Crippen molar-refractivity contribution in [2.24, 2.45) is 0 Å². The lowest BCUT2D eigenvalue weighted by atomic mass is 10.2. The fourth-order valence-electron chi connectivity index (χ4n) is 1.89. The van der Waals surface area contributed by atoms with E-state index in [0.29, 0.717) is 6.54 Å². The fraction of sp³-hybridized carbons (Fsp3) is 0.400. The van der Waals surface area contributed by atoms with Crippen LogP contribution < -0.4 is 0 Å². The molecule has 1 aromatic rings. The second kappa shape index (κ2) is 7.95. The van der Waals surface area contributed by atoms with Crippen LogP contribution in [-0.2, 0) is 21.4 Å². The first-order valence-electron chi connectivity index (χ1n) is 6.68. The maximum Gasteiger partial charge on any atom is 0.223 e. The van der Waals surface area contributed by atoms with Gasteiger partial charge in [0.1, 0.15) is 0 Å². The summed E-state index contributed by atoms with van der Waals surface area (Å²) in [5.74, 6) is -0.0865. The molecule has 0 aliphatic heterocycles. The summed E-state index contributed by atoms with van der Waals surface area (Å²) in [6, 6.07) is 9.66. The molecule has 0 aliphatic rings. The largest absolute Gasteiger partial charge is 0.341 e. The van der Waals surface area contributed by atoms with Gasteiger partial charge >= 0.3 is 0 Å². The molecule has 0 radical (unpaired) electrons. The summed E-state index contributed by atoms with van der Waals surface area (Å²) in [5.41, 5.74) is 1.04. The van der Waals surface area contributed by atoms with Crippen LogP contribution in [0.1, 0.15) is 12.0 Å². The molecule has 1 aromatic carbocycles. The Morgan fingerprint density at radius 2 is 1.90 bits per heavy atom. The number of hydrogen-bond donors (Lipinski definition) is 0. The van der Waals surface area contributed by atoms with E-state index in [9.17, 15) is 13.2 Å². The Hall–Kier alpha value is -1.66. The van der Waals surface area contributed by atoms with Crippen LogP contribution in [0.4, 0.5) is 0 Å². The molecule has 5 nitrogen and oxygen atoms in total. The van der Waals surface area contributed by atoms with Crippen LogP contribution in [0.5, 0.6) is 0 Å². The molecule has 0 spiro atoms. The molecule has 0 saturated carbocycles. The number of benzene rings is 1. The molecule has 0 fully saturated rings. The van der Waals surface area contributed by atoms with Crippen molar-refractivity contribution < 1.29 is 13.2 Å². The van der Waals surface area contributed by atoms with Crippen molar-refractivity contribution in [3.05, 3.63) is 48.6 Å². The van der Waals surface area contributed by atoms with Crippen LogP contribution in [0.3, 0.4) is 0 Å². The van der Waals surface area contributed by atoms with Gasteiger partial charge in [0.2, 0.25) is 15.9 Å². The minimum Gasteiger partial charge on any atom is -0.341 e. The van der Waals surface area contributed by atoms with Gasteiger partial charge in [0, 0.05) is 33.1 Å². The standard InChI is InChI=1S/C15H22N2O3S/c1-4-11-17(21(3,19)20)12-10-15(18)16(2)13-14-8-6-5-7-9-14/h4-9H,1,10-13H2,2-3H3. The van der Waals surface area contributed by atoms with Crippen molar-refractivity contribution in [3.63, 3.8) is 0 Å². The maximum absolute atomic E-state index is 12.1. The second-order valence-corrected chi connectivity index (χ2v) is 6.88. The predicted octanol–water partition coefficient (Wildman–Crippen LogP) is 1.48. The zero-order valence-corrected chi connectivity index (χ0v) is 13.3. The molecule has 0 bridgehead atoms. The number of carbonyl (C=O) groups excluding carboxylic acids is 1. The number of carbonyl (C=O) groups is 1. The molecule has 6 heteroatoms. The molecule has 0 saturated heterocycles. The molecule has 21 heavy (non-hydrogen) atoms. The Bertz CT molecular complexity index is 570. The topological polar surface area (TPSA) is 57.7 Å². The second-order valence-electron chi connectivity index (χ2n) is 4.90. The minimum atomic E-state index is -3.32. The SMILES string of the molecule is C=CCN(CCC(=O)N(C)Cc1ccccc1)S(C)(=O)=O. The first-order chi connectivity index (χ1) is 9.84. The lowest BCUT2D eigenvalue weighted by Gasteiger charge is -2.21. The summed E-state index contributed by atoms with van der Waals surface area (Å²) in [7, 11) is -1.60. The highest BCUT2D eigenvalue weighted by Gasteiger charge is 2.17. The van der Waals surface area contributed by atoms with Crippen molar-refractivity contribution >= 4 is 15.9 Å². The summed E-state index contributed by atoms with van der Waals surface area (Å²) in [6.07, 6.45) is 2.80. The average molecular weight is 310 g/mol. The molecule has 0 aliphatic carbocycles. The van der Waals surface area contributed by atoms with Crippen molar-refractivity contribution in [2.45, 2.75) is 13.0 Å². The van der Waals surface area contributed by atoms with E-state index < -0.39 is 10.0 Å². The highest BCUT2D eigenvalue weighted by molar-refractivity contribution is 7.88. The Morgan fingerprint density at radius 1 is 1.29 bits per heavy atom. The van der Waals surface area contributed by atoms with E-state index in [-0.39, 0.29) is 25.4 Å². The van der Waals surface area contributed by atoms with Gasteiger partial charge in [0.05, 0.1) is 6.26 Å². The van der Waals surface area contributed by atoms with Gasteiger partial charge in [-0.3, -0.25) is 4.79 Å². The molecule has 1 rings (SSSR count). The van der Waals surface area contributed by atoms with E-state index in [1.807, 2.05) is 30.3 Å². The van der Waals surface area contributed by atoms with Gasteiger partial charge in [0.25, 0.3) is 0 Å². The van der Waals surface area contributed by atoms with Crippen molar-refractivity contribution in [1.82, 2.24) is 9.21 Å². The third-order valence-corrected chi connectivity index (χ3v) is 4.33. The minimum absolute atomic E-state index is 0.0865. The summed E-state index contributed by atoms with van der Waals surface area (Å²) in [5, 5.41) is 0. The third-order valence-electron chi connectivity index (χ3n) is 3.07. The van der Waals surface area contributed by atoms with Gasteiger partial charge < -0.3 is 4.90 Å². The van der Waals surface area contributed by atoms with E-state index in [1.165, 1.54) is 10.4 Å². The molecule has 0 aromatic heterocycles. The monoisotopic (exact) mass is 310 g/mol. The average Bonchev–Trinajstić information content (AvgIpc) is 2.42. The smallest absolute Gasteiger partial charge is 0.223 e. The van der Waals surface area contributed by atoms with E-state index in [2.05, 4.69) is 6.58 Å². The van der Waals surface area contributed by atoms with Crippen LogP contribution in [0.2, 0.25) is 0 Å². The quantitative estimate of drug-likeness (QED) is 0.683. The molecular weight excluding hydrogens is 288 g/mol. The van der Waals surface area contributed by atoms with Gasteiger partial charge in [-0.1, -0.05) is 36.4 Å². The Labute approximate surface area is 126 Å². The number of sulfonamides is 1. The van der Waals surface area contributed by atoms with E-state index in [1.54, 1.807) is 11.9 Å². The fourth-order valence-corrected chi connectivity index (χ4v) is 2.69. The highest BCUT2D eigenvalue weighted by Crippen LogP contribution is 2.06. The summed E-state index contributed by atoms with van der Waals surface area (Å²) in [6.45, 7) is 4.43. The molecule has 0 atom stereocenters. The maximum atomic E-state index is 12.1. The van der Waals surface area contributed by atoms with Gasteiger partial charge in [-0.25, -0.2) is 8.42 Å². The van der Waals surface area contributed by atoms with Gasteiger partial charge in [-0.2, -0.15) is 4.31 Å². The van der Waals surface area contributed by atoms with Crippen molar-refractivity contribution in [3.8, 4) is 0 Å². The van der Waals surface area contributed by atoms with Crippen LogP contribution in [0.15, 0.2) is 43.0 Å². The first-order valence-corrected chi connectivity index (χ1v) is 8.53. The predicted molar refractivity (Wildman–Crippen MR) is 84.1 cm³/mol. The van der Waals surface area contributed by atoms with Gasteiger partial charge in [-0.05, 0) is 5.56 Å². The molecule has 0 N–H and O–H groups in total. The number of rotatable bonds is 8. The molecule has 0 unspecified atom stereocenters. The summed E-state index contributed by atoms with van der Waals surface area (Å²) in [4.78, 5) is 13.7. The van der Waals surface area contributed by atoms with Crippen LogP contribution in [-0.4, -0.2) is 49.9 Å². The Kier molecular flexibility index (Phi) is 6.58. The Morgan fingerprint density at radius 3 is 2.43 bits per heavy atom. The van der Waals surface area contributed by atoms with E-state index in [0.717, 1.165) is 11.8 Å². The zero-order valence-electron chi connectivity index (χ0n) is 12.5. The third kappa shape index (κ3) is 6.10. The van der Waals surface area contributed by atoms with Crippen LogP contribution >= 0.6 is 0 Å². The summed E-state index contributed by atoms with van der Waals surface area (Å²) < 4.78 is 24.3. The van der Waals surface area contributed by atoms with Crippen molar-refractivity contribution in [2.75, 3.05) is 26.4 Å². The zero-order chi connectivity index (χ0) is 15.9. The number of hydrogen-bond acceptors (Lipinski definition) is 3. The van der Waals surface area contributed by atoms with E-state index in [4.69, 9.17) is 0 Å². The van der Waals surface area contributed by atoms with Gasteiger partial charge in [-0.15, -0.1) is 6.58 Å². The van der Waals surface area contributed by atoms with E-state index >= 15 is 0 Å². The van der Waals surface area contributed by atoms with Crippen molar-refractivity contribution in [1.29, 1.82) is 0 Å². The van der Waals surface area contributed by atoms with Crippen LogP contribution in [0, 0.1) is 0 Å².